The molecule has 2 rings (SSSR count). The lowest BCUT2D eigenvalue weighted by molar-refractivity contribution is 0.00857. The molecule has 0 saturated carbocycles. The summed E-state index contributed by atoms with van der Waals surface area (Å²) in [7, 11) is 0. The Morgan fingerprint density at radius 3 is 2.94 bits per heavy atom. The van der Waals surface area contributed by atoms with Gasteiger partial charge >= 0.3 is 0 Å². The van der Waals surface area contributed by atoms with Crippen LogP contribution in [0, 0.1) is 0 Å². The number of ether oxygens (including phenoxy) is 1. The summed E-state index contributed by atoms with van der Waals surface area (Å²) >= 11 is 1.14. The van der Waals surface area contributed by atoms with E-state index in [1.165, 1.54) is 6.20 Å². The minimum absolute atomic E-state index is 0.0328. The predicted molar refractivity (Wildman–Crippen MR) is 68.5 cm³/mol. The van der Waals surface area contributed by atoms with Crippen molar-refractivity contribution in [3.05, 3.63) is 11.1 Å². The lowest BCUT2D eigenvalue weighted by Gasteiger charge is -2.31. The molecule has 0 radical (unpaired) electrons. The number of aromatic nitrogens is 2. The number of carbonyl (C=O) groups is 1. The van der Waals surface area contributed by atoms with Gasteiger partial charge in [0.05, 0.1) is 12.3 Å². The number of likely N-dealkylation sites (tertiary alicyclic amines) is 1. The maximum atomic E-state index is 12.0. The first kappa shape index (κ1) is 13.4. The monoisotopic (exact) mass is 270 g/mol. The second-order valence-corrected chi connectivity index (χ2v) is 5.07. The molecule has 0 unspecified atom stereocenters. The van der Waals surface area contributed by atoms with Crippen LogP contribution in [0.2, 0.25) is 0 Å². The van der Waals surface area contributed by atoms with E-state index in [2.05, 4.69) is 9.59 Å². The average molecular weight is 270 g/mol. The molecule has 1 amide bonds. The van der Waals surface area contributed by atoms with E-state index in [1.54, 1.807) is 0 Å². The van der Waals surface area contributed by atoms with Crippen molar-refractivity contribution in [3.8, 4) is 0 Å². The highest BCUT2D eigenvalue weighted by Gasteiger charge is 2.24. The van der Waals surface area contributed by atoms with Crippen molar-refractivity contribution in [1.29, 1.82) is 0 Å². The van der Waals surface area contributed by atoms with Crippen molar-refractivity contribution in [1.82, 2.24) is 14.5 Å². The number of piperidine rings is 1. The number of nitrogens with zero attached hydrogens (tertiary/aromatic N) is 3. The molecule has 6 nitrogen and oxygen atoms in total. The number of nitrogens with two attached hydrogens (primary N) is 1. The van der Waals surface area contributed by atoms with Gasteiger partial charge in [-0.1, -0.05) is 4.49 Å². The topological polar surface area (TPSA) is 81.3 Å². The van der Waals surface area contributed by atoms with Gasteiger partial charge in [-0.25, -0.2) is 0 Å². The summed E-state index contributed by atoms with van der Waals surface area (Å²) in [6.07, 6.45) is 4.47. The minimum Gasteiger partial charge on any atom is -0.378 e. The first-order valence-corrected chi connectivity index (χ1v) is 6.97. The number of amides is 1. The molecule has 7 heteroatoms. The van der Waals surface area contributed by atoms with Gasteiger partial charge in [0.2, 0.25) is 0 Å². The molecule has 2 N–H and O–H groups in total. The van der Waals surface area contributed by atoms with Crippen LogP contribution in [0.5, 0.6) is 0 Å². The molecule has 1 aliphatic rings. The van der Waals surface area contributed by atoms with Gasteiger partial charge in [0.15, 0.2) is 0 Å². The molecule has 1 fully saturated rings. The highest BCUT2D eigenvalue weighted by molar-refractivity contribution is 7.07. The van der Waals surface area contributed by atoms with Gasteiger partial charge < -0.3 is 15.4 Å². The second kappa shape index (κ2) is 6.77. The highest BCUT2D eigenvalue weighted by Crippen LogP contribution is 2.17. The number of hydrogen-bond acceptors (Lipinski definition) is 6. The van der Waals surface area contributed by atoms with E-state index < -0.39 is 0 Å². The SMILES string of the molecule is NCCCOC1CCN(C(=O)c2cnns2)CC1. The van der Waals surface area contributed by atoms with Crippen molar-refractivity contribution >= 4 is 17.4 Å². The lowest BCUT2D eigenvalue weighted by Crippen LogP contribution is -2.40. The Kier molecular flexibility index (Phi) is 5.03. The maximum absolute atomic E-state index is 12.0. The third-order valence-electron chi connectivity index (χ3n) is 3.00. The van der Waals surface area contributed by atoms with Crippen LogP contribution in [0.15, 0.2) is 6.20 Å². The molecule has 18 heavy (non-hydrogen) atoms. The largest absolute Gasteiger partial charge is 0.378 e. The molecular formula is C11H18N4O2S. The van der Waals surface area contributed by atoms with Crippen LogP contribution in [0.3, 0.4) is 0 Å². The van der Waals surface area contributed by atoms with Gasteiger partial charge in [0, 0.05) is 19.7 Å². The standard InChI is InChI=1S/C11H18N4O2S/c12-4-1-7-17-9-2-5-15(6-3-9)11(16)10-8-13-14-18-10/h8-9H,1-7,12H2. The van der Waals surface area contributed by atoms with Gasteiger partial charge in [0.25, 0.3) is 5.91 Å². The van der Waals surface area contributed by atoms with Crippen LogP contribution < -0.4 is 5.73 Å². The molecule has 1 aliphatic heterocycles. The van der Waals surface area contributed by atoms with Crippen LogP contribution in [-0.4, -0.2) is 52.7 Å². The van der Waals surface area contributed by atoms with Gasteiger partial charge in [0.1, 0.15) is 4.88 Å². The normalized spacial score (nSPS) is 17.1. The van der Waals surface area contributed by atoms with Gasteiger partial charge in [-0.2, -0.15) is 0 Å². The van der Waals surface area contributed by atoms with Crippen LogP contribution in [-0.2, 0) is 4.74 Å². The van der Waals surface area contributed by atoms with Crippen LogP contribution in [0.25, 0.3) is 0 Å². The Hall–Kier alpha value is -1.05. The third-order valence-corrected chi connectivity index (χ3v) is 3.66. The summed E-state index contributed by atoms with van der Waals surface area (Å²) in [5.74, 6) is 0.0328. The van der Waals surface area contributed by atoms with Crippen molar-refractivity contribution < 1.29 is 9.53 Å². The molecule has 0 aromatic carbocycles. The van der Waals surface area contributed by atoms with E-state index in [-0.39, 0.29) is 12.0 Å². The Morgan fingerprint density at radius 2 is 2.33 bits per heavy atom. The first-order chi connectivity index (χ1) is 8.81. The maximum Gasteiger partial charge on any atom is 0.267 e. The predicted octanol–water partition coefficient (Wildman–Crippen LogP) is 0.508. The van der Waals surface area contributed by atoms with E-state index in [0.717, 1.165) is 43.9 Å². The fourth-order valence-corrected chi connectivity index (χ4v) is 2.46. The molecule has 1 saturated heterocycles. The van der Waals surface area contributed by atoms with E-state index in [0.29, 0.717) is 18.0 Å². The second-order valence-electron chi connectivity index (χ2n) is 4.29. The van der Waals surface area contributed by atoms with Gasteiger partial charge in [-0.3, -0.25) is 4.79 Å². The minimum atomic E-state index is 0.0328. The number of rotatable bonds is 5. The molecular weight excluding hydrogens is 252 g/mol. The highest BCUT2D eigenvalue weighted by atomic mass is 32.1. The summed E-state index contributed by atoms with van der Waals surface area (Å²) < 4.78 is 9.41. The van der Waals surface area contributed by atoms with Crippen LogP contribution in [0.1, 0.15) is 28.9 Å². The van der Waals surface area contributed by atoms with Crippen molar-refractivity contribution in [2.24, 2.45) is 5.73 Å². The number of hydrogen-bond donors (Lipinski definition) is 1. The Labute approximate surface area is 110 Å². The van der Waals surface area contributed by atoms with Gasteiger partial charge in [-0.05, 0) is 37.3 Å². The summed E-state index contributed by atoms with van der Waals surface area (Å²) in [4.78, 5) is 14.5. The fourth-order valence-electron chi connectivity index (χ4n) is 1.98. The molecule has 0 bridgehead atoms. The molecule has 1 aromatic heterocycles. The zero-order valence-corrected chi connectivity index (χ0v) is 11.1. The Balaban J connectivity index is 1.75. The first-order valence-electron chi connectivity index (χ1n) is 6.19. The summed E-state index contributed by atoms with van der Waals surface area (Å²) in [6, 6.07) is 0. The van der Waals surface area contributed by atoms with Gasteiger partial charge in [-0.15, -0.1) is 5.10 Å². The smallest absolute Gasteiger partial charge is 0.267 e. The van der Waals surface area contributed by atoms with E-state index in [4.69, 9.17) is 10.5 Å². The Bertz CT molecular complexity index is 363. The third kappa shape index (κ3) is 3.47. The van der Waals surface area contributed by atoms with Crippen molar-refractivity contribution in [2.75, 3.05) is 26.2 Å². The molecule has 100 valence electrons. The zero-order chi connectivity index (χ0) is 12.8. The van der Waals surface area contributed by atoms with Crippen LogP contribution >= 0.6 is 11.5 Å². The fraction of sp³-hybridized carbons (Fsp3) is 0.727. The molecule has 0 atom stereocenters. The van der Waals surface area contributed by atoms with Crippen molar-refractivity contribution in [3.63, 3.8) is 0 Å². The van der Waals surface area contributed by atoms with Crippen molar-refractivity contribution in [2.45, 2.75) is 25.4 Å². The molecule has 0 spiro atoms. The lowest BCUT2D eigenvalue weighted by atomic mass is 10.1. The quantitative estimate of drug-likeness (QED) is 0.788. The summed E-state index contributed by atoms with van der Waals surface area (Å²) in [6.45, 7) is 2.86. The van der Waals surface area contributed by atoms with E-state index in [9.17, 15) is 4.79 Å². The number of carbonyl (C=O) groups excluding carboxylic acids is 1. The molecule has 1 aromatic rings. The van der Waals surface area contributed by atoms with E-state index in [1.807, 2.05) is 4.90 Å². The molecule has 0 aliphatic carbocycles. The van der Waals surface area contributed by atoms with Crippen LogP contribution in [0.4, 0.5) is 0 Å². The van der Waals surface area contributed by atoms with E-state index >= 15 is 0 Å². The molecule has 2 heterocycles. The Morgan fingerprint density at radius 1 is 1.56 bits per heavy atom. The zero-order valence-electron chi connectivity index (χ0n) is 10.2. The summed E-state index contributed by atoms with van der Waals surface area (Å²) in [5.41, 5.74) is 5.42. The average Bonchev–Trinajstić information content (AvgIpc) is 2.93. The summed E-state index contributed by atoms with van der Waals surface area (Å²) in [5, 5.41) is 3.69.